The van der Waals surface area contributed by atoms with Gasteiger partial charge in [0.2, 0.25) is 0 Å². The molecule has 112 valence electrons. The van der Waals surface area contributed by atoms with E-state index in [4.69, 9.17) is 0 Å². The maximum atomic E-state index is 4.66. The summed E-state index contributed by atoms with van der Waals surface area (Å²) in [5.74, 6) is 4.30. The molecule has 1 heterocycles. The molecule has 2 rings (SSSR count). The molecule has 0 amide bonds. The zero-order valence-corrected chi connectivity index (χ0v) is 13.2. The third kappa shape index (κ3) is 3.62. The van der Waals surface area contributed by atoms with Crippen molar-refractivity contribution in [2.45, 2.75) is 58.9 Å². The Morgan fingerprint density at radius 2 is 1.95 bits per heavy atom. The minimum absolute atomic E-state index is 0.535. The van der Waals surface area contributed by atoms with E-state index in [-0.39, 0.29) is 0 Å². The molecular weight excluding hydrogens is 248 g/mol. The van der Waals surface area contributed by atoms with Crippen molar-refractivity contribution >= 4 is 11.6 Å². The summed E-state index contributed by atoms with van der Waals surface area (Å²) in [6.45, 7) is 6.88. The van der Waals surface area contributed by atoms with Gasteiger partial charge in [-0.2, -0.15) is 0 Å². The standard InChI is InChI=1S/C16H28N4/c1-5-7-14-19-15(17-4)10-16(20-14)18-13-9-6-8-11(2)12(13)3/h10-13H,5-9H2,1-4H3,(H2,17,18,19,20). The van der Waals surface area contributed by atoms with Gasteiger partial charge < -0.3 is 10.6 Å². The number of anilines is 2. The number of nitrogens with one attached hydrogen (secondary N) is 2. The van der Waals surface area contributed by atoms with Crippen molar-refractivity contribution in [2.24, 2.45) is 11.8 Å². The predicted molar refractivity (Wildman–Crippen MR) is 85.2 cm³/mol. The summed E-state index contributed by atoms with van der Waals surface area (Å²) in [6.07, 6.45) is 5.92. The molecule has 1 aromatic heterocycles. The summed E-state index contributed by atoms with van der Waals surface area (Å²) < 4.78 is 0. The van der Waals surface area contributed by atoms with Crippen molar-refractivity contribution < 1.29 is 0 Å². The summed E-state index contributed by atoms with van der Waals surface area (Å²) in [6, 6.07) is 2.55. The van der Waals surface area contributed by atoms with Crippen molar-refractivity contribution in [3.05, 3.63) is 11.9 Å². The summed E-state index contributed by atoms with van der Waals surface area (Å²) in [4.78, 5) is 9.17. The van der Waals surface area contributed by atoms with E-state index in [9.17, 15) is 0 Å². The molecular formula is C16H28N4. The lowest BCUT2D eigenvalue weighted by Crippen LogP contribution is -2.35. The third-order valence-corrected chi connectivity index (χ3v) is 4.54. The molecule has 0 spiro atoms. The Labute approximate surface area is 122 Å². The van der Waals surface area contributed by atoms with E-state index in [0.717, 1.165) is 36.2 Å². The maximum absolute atomic E-state index is 4.66. The molecule has 0 saturated heterocycles. The van der Waals surface area contributed by atoms with Crippen molar-refractivity contribution in [2.75, 3.05) is 17.7 Å². The summed E-state index contributed by atoms with van der Waals surface area (Å²) in [5.41, 5.74) is 0. The molecule has 1 aliphatic rings. The smallest absolute Gasteiger partial charge is 0.133 e. The minimum Gasteiger partial charge on any atom is -0.373 e. The lowest BCUT2D eigenvalue weighted by molar-refractivity contribution is 0.253. The van der Waals surface area contributed by atoms with Crippen LogP contribution in [0.1, 0.15) is 52.3 Å². The van der Waals surface area contributed by atoms with Gasteiger partial charge in [0, 0.05) is 25.6 Å². The Kier molecular flexibility index (Phi) is 5.21. The molecule has 4 heteroatoms. The van der Waals surface area contributed by atoms with Gasteiger partial charge in [-0.3, -0.25) is 0 Å². The summed E-state index contributed by atoms with van der Waals surface area (Å²) in [7, 11) is 1.91. The Hall–Kier alpha value is -1.32. The molecule has 1 aromatic rings. The van der Waals surface area contributed by atoms with Crippen LogP contribution in [0.4, 0.5) is 11.6 Å². The molecule has 3 atom stereocenters. The zero-order chi connectivity index (χ0) is 14.5. The molecule has 0 aliphatic heterocycles. The number of aryl methyl sites for hydroxylation is 1. The number of hydrogen-bond donors (Lipinski definition) is 2. The average Bonchev–Trinajstić information content (AvgIpc) is 2.44. The van der Waals surface area contributed by atoms with Crippen molar-refractivity contribution in [1.82, 2.24) is 9.97 Å². The van der Waals surface area contributed by atoms with Crippen LogP contribution in [0.25, 0.3) is 0 Å². The van der Waals surface area contributed by atoms with E-state index in [1.54, 1.807) is 0 Å². The largest absolute Gasteiger partial charge is 0.373 e. The number of aromatic nitrogens is 2. The second-order valence-corrected chi connectivity index (χ2v) is 6.07. The molecule has 0 aromatic carbocycles. The number of rotatable bonds is 5. The van der Waals surface area contributed by atoms with Gasteiger partial charge in [0.1, 0.15) is 17.5 Å². The molecule has 0 radical (unpaired) electrons. The highest BCUT2D eigenvalue weighted by molar-refractivity contribution is 5.48. The second-order valence-electron chi connectivity index (χ2n) is 6.07. The Morgan fingerprint density at radius 3 is 2.65 bits per heavy atom. The summed E-state index contributed by atoms with van der Waals surface area (Å²) in [5, 5.41) is 6.78. The minimum atomic E-state index is 0.535. The molecule has 1 aliphatic carbocycles. The van der Waals surface area contributed by atoms with E-state index in [1.165, 1.54) is 19.3 Å². The monoisotopic (exact) mass is 276 g/mol. The Morgan fingerprint density at radius 1 is 1.20 bits per heavy atom. The first kappa shape index (κ1) is 15.1. The van der Waals surface area contributed by atoms with Gasteiger partial charge in [0.25, 0.3) is 0 Å². The molecule has 2 N–H and O–H groups in total. The Balaban J connectivity index is 2.13. The highest BCUT2D eigenvalue weighted by Gasteiger charge is 2.27. The lowest BCUT2D eigenvalue weighted by Gasteiger charge is -2.35. The van der Waals surface area contributed by atoms with Crippen LogP contribution in [0, 0.1) is 11.8 Å². The highest BCUT2D eigenvalue weighted by atomic mass is 15.1. The lowest BCUT2D eigenvalue weighted by atomic mass is 9.78. The SMILES string of the molecule is CCCc1nc(NC)cc(NC2CCCC(C)C2C)n1. The van der Waals surface area contributed by atoms with E-state index in [2.05, 4.69) is 41.4 Å². The molecule has 20 heavy (non-hydrogen) atoms. The predicted octanol–water partition coefficient (Wildman–Crippen LogP) is 3.71. The van der Waals surface area contributed by atoms with Crippen LogP contribution in [0.3, 0.4) is 0 Å². The number of nitrogens with zero attached hydrogens (tertiary/aromatic N) is 2. The molecule has 1 fully saturated rings. The van der Waals surface area contributed by atoms with Gasteiger partial charge in [-0.05, 0) is 24.7 Å². The first-order chi connectivity index (χ1) is 9.63. The average molecular weight is 276 g/mol. The zero-order valence-electron chi connectivity index (χ0n) is 13.2. The van der Waals surface area contributed by atoms with Crippen LogP contribution >= 0.6 is 0 Å². The summed E-state index contributed by atoms with van der Waals surface area (Å²) >= 11 is 0. The van der Waals surface area contributed by atoms with Crippen LogP contribution in [-0.4, -0.2) is 23.1 Å². The van der Waals surface area contributed by atoms with Crippen LogP contribution in [0.2, 0.25) is 0 Å². The van der Waals surface area contributed by atoms with Gasteiger partial charge >= 0.3 is 0 Å². The van der Waals surface area contributed by atoms with Gasteiger partial charge in [-0.1, -0.05) is 33.6 Å². The van der Waals surface area contributed by atoms with Gasteiger partial charge in [-0.15, -0.1) is 0 Å². The van der Waals surface area contributed by atoms with Crippen LogP contribution in [-0.2, 0) is 6.42 Å². The van der Waals surface area contributed by atoms with Crippen LogP contribution < -0.4 is 10.6 Å². The molecule has 4 nitrogen and oxygen atoms in total. The number of hydrogen-bond acceptors (Lipinski definition) is 4. The van der Waals surface area contributed by atoms with Gasteiger partial charge in [0.15, 0.2) is 0 Å². The third-order valence-electron chi connectivity index (χ3n) is 4.54. The van der Waals surface area contributed by atoms with Crippen LogP contribution in [0.5, 0.6) is 0 Å². The van der Waals surface area contributed by atoms with Gasteiger partial charge in [0.05, 0.1) is 0 Å². The van der Waals surface area contributed by atoms with E-state index >= 15 is 0 Å². The topological polar surface area (TPSA) is 49.8 Å². The fourth-order valence-corrected chi connectivity index (χ4v) is 3.01. The van der Waals surface area contributed by atoms with Crippen molar-refractivity contribution in [3.8, 4) is 0 Å². The molecule has 1 saturated carbocycles. The molecule has 3 unspecified atom stereocenters. The Bertz CT molecular complexity index is 432. The second kappa shape index (κ2) is 6.91. The van der Waals surface area contributed by atoms with E-state index in [0.29, 0.717) is 12.0 Å². The first-order valence-electron chi connectivity index (χ1n) is 7.96. The van der Waals surface area contributed by atoms with E-state index < -0.39 is 0 Å². The van der Waals surface area contributed by atoms with Gasteiger partial charge in [-0.25, -0.2) is 9.97 Å². The van der Waals surface area contributed by atoms with Crippen molar-refractivity contribution in [3.63, 3.8) is 0 Å². The van der Waals surface area contributed by atoms with Crippen LogP contribution in [0.15, 0.2) is 6.07 Å². The molecule has 0 bridgehead atoms. The van der Waals surface area contributed by atoms with E-state index in [1.807, 2.05) is 13.1 Å². The highest BCUT2D eigenvalue weighted by Crippen LogP contribution is 2.31. The van der Waals surface area contributed by atoms with Crippen molar-refractivity contribution in [1.29, 1.82) is 0 Å². The normalized spacial score (nSPS) is 26.3. The quantitative estimate of drug-likeness (QED) is 0.861. The fraction of sp³-hybridized carbons (Fsp3) is 0.750. The maximum Gasteiger partial charge on any atom is 0.133 e. The fourth-order valence-electron chi connectivity index (χ4n) is 3.01. The first-order valence-corrected chi connectivity index (χ1v) is 7.96.